The molecule has 0 unspecified atom stereocenters. The number of rotatable bonds is 1. The van der Waals surface area contributed by atoms with E-state index >= 15 is 0 Å². The van der Waals surface area contributed by atoms with Crippen LogP contribution in [0.2, 0.25) is 0 Å². The van der Waals surface area contributed by atoms with Gasteiger partial charge in [0.25, 0.3) is 0 Å². The zero-order chi connectivity index (χ0) is 12.7. The molecule has 1 nitrogen and oxygen atoms in total. The molecule has 0 aliphatic heterocycles. The molecule has 0 N–H and O–H groups in total. The van der Waals surface area contributed by atoms with Crippen LogP contribution in [0.25, 0.3) is 20.8 Å². The lowest BCUT2D eigenvalue weighted by Gasteiger charge is -1.98. The Labute approximate surface area is 109 Å². The van der Waals surface area contributed by atoms with Gasteiger partial charge in [0, 0.05) is 5.56 Å². The monoisotopic (exact) mass is 257 g/mol. The highest BCUT2D eigenvalue weighted by Gasteiger charge is 2.09. The summed E-state index contributed by atoms with van der Waals surface area (Å²) >= 11 is 1.60. The molecule has 0 radical (unpaired) electrons. The molecule has 1 aromatic heterocycles. The van der Waals surface area contributed by atoms with Crippen LogP contribution < -0.4 is 0 Å². The first kappa shape index (κ1) is 11.4. The van der Waals surface area contributed by atoms with E-state index < -0.39 is 0 Å². The van der Waals surface area contributed by atoms with Crippen molar-refractivity contribution in [2.75, 3.05) is 0 Å². The van der Waals surface area contributed by atoms with Gasteiger partial charge in [-0.1, -0.05) is 18.2 Å². The molecule has 0 amide bonds. The van der Waals surface area contributed by atoms with Crippen LogP contribution in [-0.4, -0.2) is 4.98 Å². The van der Waals surface area contributed by atoms with Gasteiger partial charge in [-0.05, 0) is 43.2 Å². The van der Waals surface area contributed by atoms with E-state index in [4.69, 9.17) is 0 Å². The van der Waals surface area contributed by atoms with Gasteiger partial charge in [0.1, 0.15) is 10.8 Å². The Balaban J connectivity index is 2.23. The number of fused-ring (bicyclic) bond motifs is 1. The zero-order valence-electron chi connectivity index (χ0n) is 10.2. The molecule has 0 aliphatic rings. The first-order valence-corrected chi connectivity index (χ1v) is 6.59. The Morgan fingerprint density at radius 1 is 1.11 bits per heavy atom. The van der Waals surface area contributed by atoms with Gasteiger partial charge >= 0.3 is 0 Å². The smallest absolute Gasteiger partial charge is 0.124 e. The Morgan fingerprint density at radius 2 is 1.94 bits per heavy atom. The van der Waals surface area contributed by atoms with Gasteiger partial charge in [-0.15, -0.1) is 11.3 Å². The standard InChI is InChI=1S/C15H12FNS/c1-9-6-7-13-14(10(9)2)17-15(18-13)11-4-3-5-12(16)8-11/h3-8H,1-2H3. The molecule has 1 heterocycles. The predicted octanol–water partition coefficient (Wildman–Crippen LogP) is 4.72. The highest BCUT2D eigenvalue weighted by atomic mass is 32.1. The van der Waals surface area contributed by atoms with Crippen molar-refractivity contribution in [3.63, 3.8) is 0 Å². The lowest BCUT2D eigenvalue weighted by atomic mass is 10.1. The maximum absolute atomic E-state index is 13.2. The summed E-state index contributed by atoms with van der Waals surface area (Å²) in [5.74, 6) is -0.223. The summed E-state index contributed by atoms with van der Waals surface area (Å²) in [6.07, 6.45) is 0. The van der Waals surface area contributed by atoms with Crippen LogP contribution in [0.5, 0.6) is 0 Å². The SMILES string of the molecule is Cc1ccc2sc(-c3cccc(F)c3)nc2c1C. The minimum atomic E-state index is -0.223. The second kappa shape index (κ2) is 4.18. The van der Waals surface area contributed by atoms with Gasteiger partial charge in [0.15, 0.2) is 0 Å². The average molecular weight is 257 g/mol. The lowest BCUT2D eigenvalue weighted by Crippen LogP contribution is -1.82. The van der Waals surface area contributed by atoms with Gasteiger partial charge in [-0.25, -0.2) is 9.37 Å². The van der Waals surface area contributed by atoms with Crippen molar-refractivity contribution >= 4 is 21.6 Å². The van der Waals surface area contributed by atoms with E-state index in [-0.39, 0.29) is 5.82 Å². The van der Waals surface area contributed by atoms with Crippen molar-refractivity contribution in [2.24, 2.45) is 0 Å². The Hall–Kier alpha value is -1.74. The Bertz CT molecular complexity index is 730. The van der Waals surface area contributed by atoms with Crippen molar-refractivity contribution in [2.45, 2.75) is 13.8 Å². The fourth-order valence-electron chi connectivity index (χ4n) is 1.97. The van der Waals surface area contributed by atoms with Crippen molar-refractivity contribution in [1.29, 1.82) is 0 Å². The molecule has 0 fully saturated rings. The minimum absolute atomic E-state index is 0.223. The van der Waals surface area contributed by atoms with E-state index in [1.807, 2.05) is 6.07 Å². The molecule has 0 saturated carbocycles. The quantitative estimate of drug-likeness (QED) is 0.614. The lowest BCUT2D eigenvalue weighted by molar-refractivity contribution is 0.628. The van der Waals surface area contributed by atoms with Crippen molar-refractivity contribution in [1.82, 2.24) is 4.98 Å². The largest absolute Gasteiger partial charge is 0.236 e. The molecule has 0 spiro atoms. The van der Waals surface area contributed by atoms with Gasteiger partial charge in [-0.3, -0.25) is 0 Å². The molecule has 0 saturated heterocycles. The highest BCUT2D eigenvalue weighted by molar-refractivity contribution is 7.21. The van der Waals surface area contributed by atoms with E-state index in [1.54, 1.807) is 17.4 Å². The second-order valence-electron chi connectivity index (χ2n) is 4.38. The number of hydrogen-bond donors (Lipinski definition) is 0. The summed E-state index contributed by atoms with van der Waals surface area (Å²) in [6, 6.07) is 10.8. The van der Waals surface area contributed by atoms with E-state index in [0.29, 0.717) is 0 Å². The van der Waals surface area contributed by atoms with Crippen molar-refractivity contribution in [3.05, 3.63) is 53.3 Å². The fourth-order valence-corrected chi connectivity index (χ4v) is 2.99. The molecule has 0 bridgehead atoms. The number of nitrogens with zero attached hydrogens (tertiary/aromatic N) is 1. The molecule has 90 valence electrons. The summed E-state index contributed by atoms with van der Waals surface area (Å²) in [7, 11) is 0. The van der Waals surface area contributed by atoms with Crippen molar-refractivity contribution < 1.29 is 4.39 Å². The molecule has 0 aliphatic carbocycles. The molecule has 3 aromatic rings. The molecule has 18 heavy (non-hydrogen) atoms. The summed E-state index contributed by atoms with van der Waals surface area (Å²) in [5, 5.41) is 0.873. The van der Waals surface area contributed by atoms with Crippen LogP contribution in [0.3, 0.4) is 0 Å². The summed E-state index contributed by atoms with van der Waals surface area (Å²) in [5.41, 5.74) is 4.30. The Kier molecular flexibility index (Phi) is 2.63. The first-order valence-electron chi connectivity index (χ1n) is 5.78. The number of hydrogen-bond acceptors (Lipinski definition) is 2. The maximum atomic E-state index is 13.2. The van der Waals surface area contributed by atoms with E-state index in [0.717, 1.165) is 20.8 Å². The number of thiazole rings is 1. The van der Waals surface area contributed by atoms with Crippen LogP contribution >= 0.6 is 11.3 Å². The average Bonchev–Trinajstić information content (AvgIpc) is 2.79. The van der Waals surface area contributed by atoms with Gasteiger partial charge < -0.3 is 0 Å². The summed E-state index contributed by atoms with van der Waals surface area (Å²) < 4.78 is 14.4. The molecular weight excluding hydrogens is 245 g/mol. The third kappa shape index (κ3) is 1.81. The molecule has 2 aromatic carbocycles. The van der Waals surface area contributed by atoms with Crippen LogP contribution in [-0.2, 0) is 0 Å². The number of aryl methyl sites for hydroxylation is 2. The summed E-state index contributed by atoms with van der Waals surface area (Å²) in [4.78, 5) is 4.64. The van der Waals surface area contributed by atoms with Gasteiger partial charge in [-0.2, -0.15) is 0 Å². The molecule has 3 heteroatoms. The second-order valence-corrected chi connectivity index (χ2v) is 5.41. The van der Waals surface area contributed by atoms with E-state index in [1.165, 1.54) is 23.3 Å². The van der Waals surface area contributed by atoms with Crippen LogP contribution in [0.15, 0.2) is 36.4 Å². The van der Waals surface area contributed by atoms with E-state index in [2.05, 4.69) is 31.0 Å². The van der Waals surface area contributed by atoms with Crippen LogP contribution in [0, 0.1) is 19.7 Å². The first-order chi connectivity index (χ1) is 8.65. The van der Waals surface area contributed by atoms with Crippen LogP contribution in [0.1, 0.15) is 11.1 Å². The summed E-state index contributed by atoms with van der Waals surface area (Å²) in [6.45, 7) is 4.16. The Morgan fingerprint density at radius 3 is 2.72 bits per heavy atom. The highest BCUT2D eigenvalue weighted by Crippen LogP contribution is 2.32. The van der Waals surface area contributed by atoms with Gasteiger partial charge in [0.2, 0.25) is 0 Å². The minimum Gasteiger partial charge on any atom is -0.236 e. The predicted molar refractivity (Wildman–Crippen MR) is 74.5 cm³/mol. The molecule has 0 atom stereocenters. The topological polar surface area (TPSA) is 12.9 Å². The zero-order valence-corrected chi connectivity index (χ0v) is 11.0. The van der Waals surface area contributed by atoms with Crippen molar-refractivity contribution in [3.8, 4) is 10.6 Å². The third-order valence-electron chi connectivity index (χ3n) is 3.16. The fraction of sp³-hybridized carbons (Fsp3) is 0.133. The number of benzene rings is 2. The van der Waals surface area contributed by atoms with Crippen LogP contribution in [0.4, 0.5) is 4.39 Å². The van der Waals surface area contributed by atoms with Gasteiger partial charge in [0.05, 0.1) is 10.2 Å². The van der Waals surface area contributed by atoms with E-state index in [9.17, 15) is 4.39 Å². The molecular formula is C15H12FNS. The third-order valence-corrected chi connectivity index (χ3v) is 4.23. The number of halogens is 1. The molecule has 3 rings (SSSR count). The maximum Gasteiger partial charge on any atom is 0.124 e. The number of aromatic nitrogens is 1. The normalized spacial score (nSPS) is 11.1.